The van der Waals surface area contributed by atoms with Gasteiger partial charge in [0, 0.05) is 19.0 Å². The van der Waals surface area contributed by atoms with Gasteiger partial charge in [0.2, 0.25) is 5.91 Å². The summed E-state index contributed by atoms with van der Waals surface area (Å²) in [6.07, 6.45) is 6.74. The van der Waals surface area contributed by atoms with Crippen molar-refractivity contribution in [2.24, 2.45) is 0 Å². The molecule has 1 amide bonds. The molecule has 0 spiro atoms. The van der Waals surface area contributed by atoms with Crippen LogP contribution in [0, 0.1) is 11.8 Å². The summed E-state index contributed by atoms with van der Waals surface area (Å²) >= 11 is 0. The molecule has 0 aliphatic heterocycles. The van der Waals surface area contributed by atoms with Gasteiger partial charge in [-0.25, -0.2) is 0 Å². The van der Waals surface area contributed by atoms with Crippen LogP contribution in [0.5, 0.6) is 0 Å². The van der Waals surface area contributed by atoms with Crippen LogP contribution in [0.2, 0.25) is 0 Å². The molecule has 1 fully saturated rings. The molecule has 0 aromatic heterocycles. The Morgan fingerprint density at radius 1 is 1.32 bits per heavy atom. The van der Waals surface area contributed by atoms with E-state index >= 15 is 0 Å². The van der Waals surface area contributed by atoms with Crippen molar-refractivity contribution in [3.63, 3.8) is 0 Å². The van der Waals surface area contributed by atoms with Gasteiger partial charge in [0.15, 0.2) is 0 Å². The number of rotatable bonds is 4. The molecule has 0 radical (unpaired) electrons. The van der Waals surface area contributed by atoms with Gasteiger partial charge in [-0.05, 0) is 56.2 Å². The summed E-state index contributed by atoms with van der Waals surface area (Å²) < 4.78 is 0. The van der Waals surface area contributed by atoms with Crippen molar-refractivity contribution < 1.29 is 9.90 Å². The van der Waals surface area contributed by atoms with Crippen LogP contribution in [0.25, 0.3) is 0 Å². The highest BCUT2D eigenvalue weighted by Gasteiger charge is 2.26. The maximum atomic E-state index is 10.8. The van der Waals surface area contributed by atoms with Gasteiger partial charge in [-0.3, -0.25) is 4.79 Å². The number of benzene rings is 1. The fourth-order valence-corrected chi connectivity index (χ4v) is 2.81. The zero-order valence-electron chi connectivity index (χ0n) is 13.3. The fraction of sp³-hybridized carbons (Fsp3) is 0.526. The highest BCUT2D eigenvalue weighted by Crippen LogP contribution is 2.27. The van der Waals surface area contributed by atoms with Gasteiger partial charge in [-0.2, -0.15) is 0 Å². The second-order valence-corrected chi connectivity index (χ2v) is 6.13. The van der Waals surface area contributed by atoms with Crippen LogP contribution in [0.4, 0.5) is 0 Å². The Kier molecular flexibility index (Phi) is 6.03. The molecule has 1 saturated carbocycles. The van der Waals surface area contributed by atoms with Crippen molar-refractivity contribution >= 4 is 5.91 Å². The van der Waals surface area contributed by atoms with E-state index in [1.165, 1.54) is 18.9 Å². The lowest BCUT2D eigenvalue weighted by atomic mass is 9.85. The van der Waals surface area contributed by atoms with E-state index in [-0.39, 0.29) is 5.91 Å². The van der Waals surface area contributed by atoms with Crippen LogP contribution in [-0.2, 0) is 11.2 Å². The van der Waals surface area contributed by atoms with Crippen molar-refractivity contribution in [3.05, 3.63) is 35.4 Å². The smallest absolute Gasteiger partial charge is 0.216 e. The minimum absolute atomic E-state index is 0.0142. The molecular formula is C19H25NO2. The standard InChI is InChI=1S/C19H25NO2/c1-16(21)20-14-6-9-17-7-5-8-18(15-17)10-13-19(22)11-3-2-4-12-19/h5,7-8,15,22H,2-4,6,9,11-12,14H2,1H3,(H,20,21). The predicted molar refractivity (Wildman–Crippen MR) is 88.4 cm³/mol. The van der Waals surface area contributed by atoms with E-state index < -0.39 is 5.60 Å². The van der Waals surface area contributed by atoms with Crippen LogP contribution in [0.3, 0.4) is 0 Å². The van der Waals surface area contributed by atoms with Gasteiger partial charge in [-0.1, -0.05) is 30.4 Å². The zero-order chi connectivity index (χ0) is 15.8. The second kappa shape index (κ2) is 8.00. The average molecular weight is 299 g/mol. The highest BCUT2D eigenvalue weighted by molar-refractivity contribution is 5.72. The van der Waals surface area contributed by atoms with Crippen molar-refractivity contribution in [1.82, 2.24) is 5.32 Å². The van der Waals surface area contributed by atoms with Crippen LogP contribution in [0.15, 0.2) is 24.3 Å². The molecule has 1 aliphatic carbocycles. The maximum absolute atomic E-state index is 10.8. The van der Waals surface area contributed by atoms with Gasteiger partial charge in [0.25, 0.3) is 0 Å². The van der Waals surface area contributed by atoms with Gasteiger partial charge >= 0.3 is 0 Å². The third-order valence-corrected chi connectivity index (χ3v) is 4.06. The average Bonchev–Trinajstić information content (AvgIpc) is 2.51. The maximum Gasteiger partial charge on any atom is 0.216 e. The molecule has 22 heavy (non-hydrogen) atoms. The van der Waals surface area contributed by atoms with Gasteiger partial charge in [0.1, 0.15) is 5.60 Å². The molecule has 1 aromatic carbocycles. The van der Waals surface area contributed by atoms with E-state index in [4.69, 9.17) is 0 Å². The SMILES string of the molecule is CC(=O)NCCCc1cccc(C#CC2(O)CCCCC2)c1. The minimum atomic E-state index is -0.792. The number of nitrogens with one attached hydrogen (secondary N) is 1. The molecule has 0 bridgehead atoms. The molecule has 1 aromatic rings. The van der Waals surface area contributed by atoms with Gasteiger partial charge < -0.3 is 10.4 Å². The Morgan fingerprint density at radius 2 is 2.09 bits per heavy atom. The summed E-state index contributed by atoms with van der Waals surface area (Å²) in [6, 6.07) is 8.14. The molecule has 1 aliphatic rings. The Hall–Kier alpha value is -1.79. The van der Waals surface area contributed by atoms with Crippen molar-refractivity contribution in [2.45, 2.75) is 57.5 Å². The largest absolute Gasteiger partial charge is 0.378 e. The molecule has 118 valence electrons. The van der Waals surface area contributed by atoms with E-state index in [0.717, 1.165) is 44.1 Å². The van der Waals surface area contributed by atoms with E-state index in [2.05, 4.69) is 29.3 Å². The molecule has 2 N–H and O–H groups in total. The van der Waals surface area contributed by atoms with Crippen molar-refractivity contribution in [2.75, 3.05) is 6.54 Å². The van der Waals surface area contributed by atoms with Gasteiger partial charge in [0.05, 0.1) is 0 Å². The minimum Gasteiger partial charge on any atom is -0.378 e. The summed E-state index contributed by atoms with van der Waals surface area (Å²) in [5.74, 6) is 6.22. The third-order valence-electron chi connectivity index (χ3n) is 4.06. The normalized spacial score (nSPS) is 16.5. The zero-order valence-corrected chi connectivity index (χ0v) is 13.3. The third kappa shape index (κ3) is 5.54. The number of aliphatic hydroxyl groups is 1. The first-order valence-electron chi connectivity index (χ1n) is 8.16. The molecule has 0 unspecified atom stereocenters. The Labute approximate surface area is 133 Å². The molecule has 0 saturated heterocycles. The lowest BCUT2D eigenvalue weighted by Crippen LogP contribution is -2.29. The lowest BCUT2D eigenvalue weighted by Gasteiger charge is -2.26. The van der Waals surface area contributed by atoms with Crippen LogP contribution in [-0.4, -0.2) is 23.2 Å². The number of carbonyl (C=O) groups is 1. The Morgan fingerprint density at radius 3 is 2.82 bits per heavy atom. The van der Waals surface area contributed by atoms with E-state index in [9.17, 15) is 9.90 Å². The Balaban J connectivity index is 1.92. The van der Waals surface area contributed by atoms with E-state index in [1.807, 2.05) is 12.1 Å². The summed E-state index contributed by atoms with van der Waals surface area (Å²) in [7, 11) is 0. The van der Waals surface area contributed by atoms with E-state index in [1.54, 1.807) is 0 Å². The number of carbonyl (C=O) groups excluding carboxylic acids is 1. The second-order valence-electron chi connectivity index (χ2n) is 6.13. The molecule has 3 nitrogen and oxygen atoms in total. The first-order valence-corrected chi connectivity index (χ1v) is 8.16. The summed E-state index contributed by atoms with van der Waals surface area (Å²) in [6.45, 7) is 2.23. The van der Waals surface area contributed by atoms with Crippen LogP contribution >= 0.6 is 0 Å². The quantitative estimate of drug-likeness (QED) is 0.663. The van der Waals surface area contributed by atoms with E-state index in [0.29, 0.717) is 6.54 Å². The highest BCUT2D eigenvalue weighted by atomic mass is 16.3. The first kappa shape index (κ1) is 16.6. The van der Waals surface area contributed by atoms with Gasteiger partial charge in [-0.15, -0.1) is 0 Å². The number of amides is 1. The number of hydrogen-bond acceptors (Lipinski definition) is 2. The lowest BCUT2D eigenvalue weighted by molar-refractivity contribution is -0.118. The molecule has 0 heterocycles. The summed E-state index contributed by atoms with van der Waals surface area (Å²) in [5, 5.41) is 13.2. The summed E-state index contributed by atoms with van der Waals surface area (Å²) in [4.78, 5) is 10.8. The molecular weight excluding hydrogens is 274 g/mol. The van der Waals surface area contributed by atoms with Crippen molar-refractivity contribution in [3.8, 4) is 11.8 Å². The van der Waals surface area contributed by atoms with Crippen LogP contribution < -0.4 is 5.32 Å². The topological polar surface area (TPSA) is 49.3 Å². The Bertz CT molecular complexity index is 562. The summed E-state index contributed by atoms with van der Waals surface area (Å²) in [5.41, 5.74) is 1.38. The molecule has 0 atom stereocenters. The number of aryl methyl sites for hydroxylation is 1. The predicted octanol–water partition coefficient (Wildman–Crippen LogP) is 2.80. The van der Waals surface area contributed by atoms with Crippen molar-refractivity contribution in [1.29, 1.82) is 0 Å². The van der Waals surface area contributed by atoms with Crippen LogP contribution in [0.1, 0.15) is 56.6 Å². The monoisotopic (exact) mass is 299 g/mol. The molecule has 2 rings (SSSR count). The molecule has 3 heteroatoms. The fourth-order valence-electron chi connectivity index (χ4n) is 2.81. The first-order chi connectivity index (χ1) is 10.6. The number of hydrogen-bond donors (Lipinski definition) is 2.